The summed E-state index contributed by atoms with van der Waals surface area (Å²) in [6.07, 6.45) is -0.00964. The van der Waals surface area contributed by atoms with Gasteiger partial charge in [0.1, 0.15) is 6.61 Å². The Balaban J connectivity index is 1.37. The molecule has 0 aromatic heterocycles. The van der Waals surface area contributed by atoms with Crippen LogP contribution in [0.1, 0.15) is 52.5 Å². The Morgan fingerprint density at radius 3 is 2.27 bits per heavy atom. The maximum absolute atomic E-state index is 12.3. The zero-order valence-corrected chi connectivity index (χ0v) is 21.6. The molecule has 2 aromatic rings. The first-order chi connectivity index (χ1) is 16.1. The van der Waals surface area contributed by atoms with E-state index in [1.54, 1.807) is 0 Å². The van der Waals surface area contributed by atoms with Gasteiger partial charge in [0.05, 0.1) is 12.7 Å². The highest BCUT2D eigenvalue weighted by Crippen LogP contribution is 2.44. The van der Waals surface area contributed by atoms with Crippen LogP contribution < -0.4 is 5.32 Å². The first-order valence-electron chi connectivity index (χ1n) is 12.5. The Morgan fingerprint density at radius 2 is 1.70 bits per heavy atom. The van der Waals surface area contributed by atoms with E-state index in [0.717, 1.165) is 0 Å². The normalized spacial score (nSPS) is 14.9. The molecule has 0 heterocycles. The largest absolute Gasteiger partial charge is 0.449 e. The molecule has 0 unspecified atom stereocenters. The van der Waals surface area contributed by atoms with Crippen LogP contribution in [0.25, 0.3) is 11.1 Å². The predicted octanol–water partition coefficient (Wildman–Crippen LogP) is 6.34. The van der Waals surface area contributed by atoms with Crippen molar-refractivity contribution in [3.63, 3.8) is 0 Å². The summed E-state index contributed by atoms with van der Waals surface area (Å²) >= 11 is 0. The smallest absolute Gasteiger partial charge is 0.407 e. The van der Waals surface area contributed by atoms with Crippen molar-refractivity contribution in [1.82, 2.24) is 5.32 Å². The van der Waals surface area contributed by atoms with Crippen LogP contribution >= 0.6 is 0 Å². The lowest BCUT2D eigenvalue weighted by Crippen LogP contribution is -2.42. The number of alkyl carbamates (subject to hydrolysis) is 1. The minimum atomic E-state index is -1.85. The van der Waals surface area contributed by atoms with Gasteiger partial charge >= 0.3 is 6.09 Å². The third-order valence-corrected chi connectivity index (χ3v) is 11.2. The van der Waals surface area contributed by atoms with Crippen molar-refractivity contribution in [1.29, 1.82) is 0 Å². The van der Waals surface area contributed by atoms with E-state index in [1.165, 1.54) is 22.3 Å². The third-order valence-electron chi connectivity index (χ3n) is 6.72. The van der Waals surface area contributed by atoms with E-state index in [0.29, 0.717) is 32.8 Å². The SMILES string of the molecule is [2H]C[C@@H](CO[Si](C)(C)C(C)(C)C)OCCCNC(=O)OCC1c2ccccc2-c2ccccc21. The molecular weight excluding hydrogens is 430 g/mol. The summed E-state index contributed by atoms with van der Waals surface area (Å²) in [5.41, 5.74) is 4.83. The molecule has 1 aliphatic rings. The summed E-state index contributed by atoms with van der Waals surface area (Å²) in [6, 6.07) is 16.6. The summed E-state index contributed by atoms with van der Waals surface area (Å²) in [4.78, 5) is 12.3. The van der Waals surface area contributed by atoms with Crippen LogP contribution in [-0.4, -0.2) is 46.9 Å². The fourth-order valence-electron chi connectivity index (χ4n) is 3.73. The van der Waals surface area contributed by atoms with Gasteiger partial charge < -0.3 is 19.2 Å². The summed E-state index contributed by atoms with van der Waals surface area (Å²) < 4.78 is 25.3. The topological polar surface area (TPSA) is 56.8 Å². The molecule has 0 saturated carbocycles. The lowest BCUT2D eigenvalue weighted by atomic mass is 9.98. The van der Waals surface area contributed by atoms with Crippen molar-refractivity contribution in [2.24, 2.45) is 0 Å². The second-order valence-corrected chi connectivity index (χ2v) is 15.0. The van der Waals surface area contributed by atoms with E-state index >= 15 is 0 Å². The predicted molar refractivity (Wildman–Crippen MR) is 136 cm³/mol. The van der Waals surface area contributed by atoms with Gasteiger partial charge in [-0.1, -0.05) is 69.3 Å². The maximum atomic E-state index is 12.3. The van der Waals surface area contributed by atoms with Crippen molar-refractivity contribution in [3.8, 4) is 11.1 Å². The number of carbonyl (C=O) groups is 1. The van der Waals surface area contributed by atoms with Crippen molar-refractivity contribution >= 4 is 14.4 Å². The Labute approximate surface area is 201 Å². The van der Waals surface area contributed by atoms with Crippen LogP contribution in [0.4, 0.5) is 4.79 Å². The van der Waals surface area contributed by atoms with Gasteiger partial charge in [-0.3, -0.25) is 0 Å². The molecule has 1 aliphatic carbocycles. The summed E-state index contributed by atoms with van der Waals surface area (Å²) in [5.74, 6) is 0.0557. The molecule has 2 aromatic carbocycles. The molecule has 1 amide bonds. The van der Waals surface area contributed by atoms with Crippen LogP contribution in [0.5, 0.6) is 0 Å². The fraction of sp³-hybridized carbons (Fsp3) is 0.519. The zero-order valence-electron chi connectivity index (χ0n) is 21.6. The number of benzene rings is 2. The van der Waals surface area contributed by atoms with Crippen molar-refractivity contribution in [2.75, 3.05) is 26.4 Å². The van der Waals surface area contributed by atoms with Crippen LogP contribution in [0.3, 0.4) is 0 Å². The van der Waals surface area contributed by atoms with Gasteiger partial charge in [0.15, 0.2) is 8.32 Å². The second-order valence-electron chi connectivity index (χ2n) is 10.2. The lowest BCUT2D eigenvalue weighted by Gasteiger charge is -2.36. The average Bonchev–Trinajstić information content (AvgIpc) is 3.12. The van der Waals surface area contributed by atoms with Gasteiger partial charge in [0.2, 0.25) is 0 Å². The van der Waals surface area contributed by atoms with Crippen molar-refractivity contribution < 1.29 is 20.1 Å². The highest BCUT2D eigenvalue weighted by atomic mass is 28.4. The number of amides is 1. The maximum Gasteiger partial charge on any atom is 0.407 e. The van der Waals surface area contributed by atoms with Gasteiger partial charge in [-0.05, 0) is 53.7 Å². The number of hydrogen-bond donors (Lipinski definition) is 1. The number of nitrogens with one attached hydrogen (secondary N) is 1. The molecule has 0 aliphatic heterocycles. The zero-order chi connectivity index (χ0) is 24.8. The minimum Gasteiger partial charge on any atom is -0.449 e. The van der Waals surface area contributed by atoms with Gasteiger partial charge in [-0.15, -0.1) is 0 Å². The van der Waals surface area contributed by atoms with Crippen LogP contribution in [-0.2, 0) is 13.9 Å². The molecule has 180 valence electrons. The number of rotatable bonds is 10. The van der Waals surface area contributed by atoms with Crippen LogP contribution in [0.15, 0.2) is 48.5 Å². The Hall–Kier alpha value is -2.15. The first-order valence-corrected chi connectivity index (χ1v) is 14.7. The number of fused-ring (bicyclic) bond motifs is 3. The monoisotopic (exact) mass is 470 g/mol. The summed E-state index contributed by atoms with van der Waals surface area (Å²) in [5, 5.41) is 2.94. The molecule has 1 N–H and O–H groups in total. The Bertz CT molecular complexity index is 914. The third kappa shape index (κ3) is 6.46. The van der Waals surface area contributed by atoms with E-state index in [1.807, 2.05) is 24.3 Å². The molecule has 1 atom stereocenters. The molecule has 0 fully saturated rings. The molecule has 33 heavy (non-hydrogen) atoms. The Morgan fingerprint density at radius 1 is 1.09 bits per heavy atom. The molecule has 6 heteroatoms. The van der Waals surface area contributed by atoms with Crippen molar-refractivity contribution in [3.05, 3.63) is 59.7 Å². The molecule has 0 bridgehead atoms. The highest BCUT2D eigenvalue weighted by molar-refractivity contribution is 6.74. The Kier molecular flexibility index (Phi) is 7.89. The second kappa shape index (κ2) is 10.8. The fourth-order valence-corrected chi connectivity index (χ4v) is 4.76. The molecule has 3 rings (SSSR count). The summed E-state index contributed by atoms with van der Waals surface area (Å²) in [7, 11) is -1.85. The molecule has 5 nitrogen and oxygen atoms in total. The minimum absolute atomic E-state index is 0.0557. The number of ether oxygens (including phenoxy) is 2. The van der Waals surface area contributed by atoms with Gasteiger partial charge in [0.25, 0.3) is 0 Å². The number of carbonyl (C=O) groups excluding carboxylic acids is 1. The van der Waals surface area contributed by atoms with Gasteiger partial charge in [-0.2, -0.15) is 0 Å². The molecule has 0 radical (unpaired) electrons. The van der Waals surface area contributed by atoms with Crippen LogP contribution in [0.2, 0.25) is 18.1 Å². The lowest BCUT2D eigenvalue weighted by molar-refractivity contribution is 0.0273. The quantitative estimate of drug-likeness (QED) is 0.325. The standard InChI is InChI=1S/C27H39NO4Si/c1-20(18-32-33(5,6)27(2,3)4)30-17-11-16-28-26(29)31-19-25-23-14-9-7-12-21(23)22-13-8-10-15-24(22)25/h7-10,12-15,20,25H,11,16-19H2,1-6H3,(H,28,29)/t20-/m0/s1/i1D. The number of hydrogen-bond acceptors (Lipinski definition) is 4. The van der Waals surface area contributed by atoms with Gasteiger partial charge in [0, 0.05) is 20.4 Å². The summed E-state index contributed by atoms with van der Waals surface area (Å²) in [6.45, 7) is 12.8. The molecular formula is C27H39NO4Si. The van der Waals surface area contributed by atoms with E-state index in [9.17, 15) is 4.79 Å². The average molecular weight is 471 g/mol. The van der Waals surface area contributed by atoms with Crippen LogP contribution in [0, 0.1) is 0 Å². The van der Waals surface area contributed by atoms with E-state index in [2.05, 4.69) is 63.4 Å². The molecule has 0 saturated heterocycles. The van der Waals surface area contributed by atoms with Gasteiger partial charge in [-0.25, -0.2) is 4.79 Å². The molecule has 0 spiro atoms. The van der Waals surface area contributed by atoms with E-state index in [4.69, 9.17) is 15.3 Å². The van der Waals surface area contributed by atoms with E-state index in [-0.39, 0.29) is 24.0 Å². The first kappa shape index (κ1) is 24.0. The van der Waals surface area contributed by atoms with Crippen molar-refractivity contribution in [2.45, 2.75) is 64.2 Å². The van der Waals surface area contributed by atoms with E-state index < -0.39 is 14.4 Å². The highest BCUT2D eigenvalue weighted by Gasteiger charge is 2.37.